The molecular weight excluding hydrogens is 472 g/mol. The van der Waals surface area contributed by atoms with Crippen LogP contribution in [0, 0.1) is 0 Å². The molecule has 0 spiro atoms. The molecule has 2 N–H and O–H groups in total. The first kappa shape index (κ1) is 24.9. The fraction of sp³-hybridized carbons (Fsp3) is 0.0345. The zero-order valence-electron chi connectivity index (χ0n) is 19.5. The molecule has 0 radical (unpaired) electrons. The summed E-state index contributed by atoms with van der Waals surface area (Å²) in [6.45, 7) is -0.522. The molecule has 0 aromatic heterocycles. The number of ether oxygens (including phenoxy) is 2. The van der Waals surface area contributed by atoms with E-state index in [2.05, 4.69) is 9.98 Å². The summed E-state index contributed by atoms with van der Waals surface area (Å²) in [6.07, 6.45) is 3.27. The van der Waals surface area contributed by atoms with Crippen molar-refractivity contribution >= 4 is 35.7 Å². The second-order valence-electron chi connectivity index (χ2n) is 7.77. The largest absolute Gasteiger partial charge is 0.508 e. The van der Waals surface area contributed by atoms with Gasteiger partial charge in [-0.3, -0.25) is 9.98 Å². The van der Waals surface area contributed by atoms with E-state index in [-0.39, 0.29) is 11.5 Å². The van der Waals surface area contributed by atoms with E-state index in [1.54, 1.807) is 109 Å². The average molecular weight is 495 g/mol. The first-order chi connectivity index (χ1) is 18.0. The molecule has 4 aromatic carbocycles. The molecule has 4 aromatic rings. The standard InChI is InChI=1S/C29H22N2O6/c32-26-13-9-24(10-14-26)30-17-20-1-5-22(6-2-20)28(34)36-19-37-29(35)23-7-3-21(4-8-23)18-31-25-11-15-27(33)16-12-25/h1-18,32-33H,19H2. The van der Waals surface area contributed by atoms with Crippen LogP contribution in [0.15, 0.2) is 107 Å². The van der Waals surface area contributed by atoms with Gasteiger partial charge >= 0.3 is 11.9 Å². The van der Waals surface area contributed by atoms with Gasteiger partial charge in [0.05, 0.1) is 22.5 Å². The van der Waals surface area contributed by atoms with Crippen molar-refractivity contribution in [2.75, 3.05) is 6.79 Å². The summed E-state index contributed by atoms with van der Waals surface area (Å²) in [4.78, 5) is 33.1. The maximum atomic E-state index is 12.2. The summed E-state index contributed by atoms with van der Waals surface area (Å²) < 4.78 is 10.1. The van der Waals surface area contributed by atoms with Gasteiger partial charge in [-0.15, -0.1) is 0 Å². The molecule has 0 heterocycles. The third kappa shape index (κ3) is 7.37. The highest BCUT2D eigenvalue weighted by Crippen LogP contribution is 2.18. The SMILES string of the molecule is O=C(OCOC(=O)c1ccc(C=Nc2ccc(O)cc2)cc1)c1ccc(C=Nc2ccc(O)cc2)cc1. The molecule has 0 saturated heterocycles. The molecule has 0 atom stereocenters. The molecule has 0 unspecified atom stereocenters. The molecule has 0 aliphatic rings. The Hall–Kier alpha value is -5.24. The fourth-order valence-electron chi connectivity index (χ4n) is 3.09. The second-order valence-corrected chi connectivity index (χ2v) is 7.77. The number of hydrogen-bond donors (Lipinski definition) is 2. The maximum absolute atomic E-state index is 12.2. The van der Waals surface area contributed by atoms with Gasteiger partial charge < -0.3 is 19.7 Å². The fourth-order valence-corrected chi connectivity index (χ4v) is 3.09. The van der Waals surface area contributed by atoms with Gasteiger partial charge in [-0.25, -0.2) is 9.59 Å². The molecule has 4 rings (SSSR count). The number of hydrogen-bond acceptors (Lipinski definition) is 8. The summed E-state index contributed by atoms with van der Waals surface area (Å²) >= 11 is 0. The van der Waals surface area contributed by atoms with Crippen LogP contribution in [-0.4, -0.2) is 41.4 Å². The van der Waals surface area contributed by atoms with Gasteiger partial charge in [0.25, 0.3) is 0 Å². The molecule has 37 heavy (non-hydrogen) atoms. The quantitative estimate of drug-likeness (QED) is 0.188. The van der Waals surface area contributed by atoms with E-state index in [1.165, 1.54) is 0 Å². The molecule has 0 fully saturated rings. The summed E-state index contributed by atoms with van der Waals surface area (Å²) in [7, 11) is 0. The lowest BCUT2D eigenvalue weighted by atomic mass is 10.1. The number of rotatable bonds is 8. The smallest absolute Gasteiger partial charge is 0.340 e. The highest BCUT2D eigenvalue weighted by atomic mass is 16.7. The molecule has 0 aliphatic carbocycles. The van der Waals surface area contributed by atoms with Crippen LogP contribution in [0.1, 0.15) is 31.8 Å². The van der Waals surface area contributed by atoms with Crippen LogP contribution >= 0.6 is 0 Å². The van der Waals surface area contributed by atoms with Gasteiger partial charge in [0, 0.05) is 12.4 Å². The van der Waals surface area contributed by atoms with Crippen molar-refractivity contribution in [1.82, 2.24) is 0 Å². The van der Waals surface area contributed by atoms with Crippen molar-refractivity contribution in [1.29, 1.82) is 0 Å². The predicted molar refractivity (Wildman–Crippen MR) is 139 cm³/mol. The predicted octanol–water partition coefficient (Wildman–Crippen LogP) is 5.57. The Bertz CT molecular complexity index is 1300. The lowest BCUT2D eigenvalue weighted by molar-refractivity contribution is -0.0167. The summed E-state index contributed by atoms with van der Waals surface area (Å²) in [5, 5.41) is 18.6. The van der Waals surface area contributed by atoms with Gasteiger partial charge in [0.2, 0.25) is 6.79 Å². The van der Waals surface area contributed by atoms with Crippen LogP contribution in [0.5, 0.6) is 11.5 Å². The van der Waals surface area contributed by atoms with Crippen LogP contribution in [-0.2, 0) is 9.47 Å². The minimum absolute atomic E-state index is 0.165. The highest BCUT2D eigenvalue weighted by molar-refractivity contribution is 5.92. The molecule has 0 bridgehead atoms. The Morgan fingerprint density at radius 1 is 0.568 bits per heavy atom. The number of esters is 2. The number of nitrogens with zero attached hydrogens (tertiary/aromatic N) is 2. The molecule has 0 amide bonds. The number of carbonyl (C=O) groups excluding carboxylic acids is 2. The first-order valence-electron chi connectivity index (χ1n) is 11.2. The lowest BCUT2D eigenvalue weighted by Crippen LogP contribution is -2.13. The van der Waals surface area contributed by atoms with E-state index in [9.17, 15) is 19.8 Å². The maximum Gasteiger partial charge on any atom is 0.340 e. The number of phenols is 2. The van der Waals surface area contributed by atoms with Crippen molar-refractivity contribution in [3.05, 3.63) is 119 Å². The van der Waals surface area contributed by atoms with Gasteiger partial charge in [0.1, 0.15) is 11.5 Å². The minimum atomic E-state index is -0.629. The third-order valence-electron chi connectivity index (χ3n) is 5.10. The molecule has 8 heteroatoms. The van der Waals surface area contributed by atoms with Crippen molar-refractivity contribution in [2.24, 2.45) is 9.98 Å². The Morgan fingerprint density at radius 3 is 1.27 bits per heavy atom. The number of carbonyl (C=O) groups is 2. The van der Waals surface area contributed by atoms with Gasteiger partial charge in [-0.2, -0.15) is 0 Å². The van der Waals surface area contributed by atoms with E-state index >= 15 is 0 Å². The first-order valence-corrected chi connectivity index (χ1v) is 11.2. The van der Waals surface area contributed by atoms with Crippen LogP contribution < -0.4 is 0 Å². The Morgan fingerprint density at radius 2 is 0.919 bits per heavy atom. The molecule has 184 valence electrons. The highest BCUT2D eigenvalue weighted by Gasteiger charge is 2.10. The van der Waals surface area contributed by atoms with Gasteiger partial charge in [0.15, 0.2) is 0 Å². The van der Waals surface area contributed by atoms with Crippen molar-refractivity contribution in [2.45, 2.75) is 0 Å². The number of aliphatic imine (C=N–C) groups is 2. The number of benzene rings is 4. The van der Waals surface area contributed by atoms with Crippen molar-refractivity contribution in [3.8, 4) is 11.5 Å². The second kappa shape index (κ2) is 11.9. The van der Waals surface area contributed by atoms with Crippen LogP contribution in [0.3, 0.4) is 0 Å². The van der Waals surface area contributed by atoms with Crippen molar-refractivity contribution in [3.63, 3.8) is 0 Å². The Balaban J connectivity index is 1.23. The minimum Gasteiger partial charge on any atom is -0.508 e. The third-order valence-corrected chi connectivity index (χ3v) is 5.10. The van der Waals surface area contributed by atoms with Gasteiger partial charge in [-0.1, -0.05) is 24.3 Å². The number of aromatic hydroxyl groups is 2. The van der Waals surface area contributed by atoms with E-state index in [4.69, 9.17) is 9.47 Å². The van der Waals surface area contributed by atoms with Crippen LogP contribution in [0.25, 0.3) is 0 Å². The molecular formula is C29H22N2O6. The Labute approximate surface area is 212 Å². The van der Waals surface area contributed by atoms with E-state index in [0.717, 1.165) is 11.1 Å². The summed E-state index contributed by atoms with van der Waals surface area (Å²) in [6, 6.07) is 26.1. The van der Waals surface area contributed by atoms with E-state index < -0.39 is 18.7 Å². The molecule has 0 saturated carbocycles. The summed E-state index contributed by atoms with van der Waals surface area (Å²) in [5.74, 6) is -0.927. The van der Waals surface area contributed by atoms with Gasteiger partial charge in [-0.05, 0) is 83.9 Å². The van der Waals surface area contributed by atoms with Crippen LogP contribution in [0.4, 0.5) is 11.4 Å². The van der Waals surface area contributed by atoms with Crippen LogP contribution in [0.2, 0.25) is 0 Å². The zero-order valence-corrected chi connectivity index (χ0v) is 19.5. The van der Waals surface area contributed by atoms with Crippen molar-refractivity contribution < 1.29 is 29.3 Å². The van der Waals surface area contributed by atoms with E-state index in [1.807, 2.05) is 0 Å². The zero-order chi connectivity index (χ0) is 26.0. The topological polar surface area (TPSA) is 118 Å². The molecule has 0 aliphatic heterocycles. The summed E-state index contributed by atoms with van der Waals surface area (Å²) in [5.41, 5.74) is 3.50. The monoisotopic (exact) mass is 494 g/mol. The Kier molecular flexibility index (Phi) is 8.03. The number of phenolic OH excluding ortho intramolecular Hbond substituents is 2. The molecule has 8 nitrogen and oxygen atoms in total. The van der Waals surface area contributed by atoms with E-state index in [0.29, 0.717) is 22.5 Å². The normalized spacial score (nSPS) is 11.0. The lowest BCUT2D eigenvalue weighted by Gasteiger charge is -2.07. The average Bonchev–Trinajstić information content (AvgIpc) is 2.93.